The fourth-order valence-electron chi connectivity index (χ4n) is 5.66. The van der Waals surface area contributed by atoms with Crippen molar-refractivity contribution in [2.24, 2.45) is 5.11 Å². The predicted molar refractivity (Wildman–Crippen MR) is 168 cm³/mol. The summed E-state index contributed by atoms with van der Waals surface area (Å²) in [6, 6.07) is 11.2. The van der Waals surface area contributed by atoms with Crippen molar-refractivity contribution >= 4 is 38.1 Å². The Hall–Kier alpha value is -4.26. The van der Waals surface area contributed by atoms with E-state index in [1.54, 1.807) is 0 Å². The Morgan fingerprint density at radius 2 is 1.45 bits per heavy atom. The summed E-state index contributed by atoms with van der Waals surface area (Å²) in [4.78, 5) is 45.3. The highest BCUT2D eigenvalue weighted by Gasteiger charge is 2.36. The van der Waals surface area contributed by atoms with Gasteiger partial charge in [0, 0.05) is 43.6 Å². The average Bonchev–Trinajstić information content (AvgIpc) is 3.33. The Kier molecular flexibility index (Phi) is 11.8. The van der Waals surface area contributed by atoms with Crippen molar-refractivity contribution < 1.29 is 45.1 Å². The van der Waals surface area contributed by atoms with Crippen LogP contribution in [-0.4, -0.2) is 123 Å². The SMILES string of the molecule is [N-]=[N+]=NCCCN1CCN(C(=O)C(CS(=O)(=O)O)NC(=O)C(CS(=O)(=O)O)NC(=O)OCC2c3ccccc3-c3ccccc32)CC1. The van der Waals surface area contributed by atoms with Crippen molar-refractivity contribution in [3.8, 4) is 11.1 Å². The number of fused-ring (bicyclic) bond motifs is 3. The normalized spacial score (nSPS) is 16.3. The van der Waals surface area contributed by atoms with Gasteiger partial charge in [0.15, 0.2) is 0 Å². The van der Waals surface area contributed by atoms with Crippen molar-refractivity contribution in [1.29, 1.82) is 0 Å². The van der Waals surface area contributed by atoms with Gasteiger partial charge in [0.2, 0.25) is 11.8 Å². The molecule has 2 unspecified atom stereocenters. The number of benzene rings is 2. The average molecular weight is 694 g/mol. The molecule has 0 aromatic heterocycles. The fraction of sp³-hybridized carbons (Fsp3) is 0.464. The van der Waals surface area contributed by atoms with Crippen LogP contribution in [0.5, 0.6) is 0 Å². The zero-order valence-corrected chi connectivity index (χ0v) is 26.8. The first-order chi connectivity index (χ1) is 22.3. The predicted octanol–water partition coefficient (Wildman–Crippen LogP) is 0.999. The van der Waals surface area contributed by atoms with Crippen molar-refractivity contribution in [2.75, 3.05) is 57.4 Å². The summed E-state index contributed by atoms with van der Waals surface area (Å²) in [6.45, 7) is 1.78. The van der Waals surface area contributed by atoms with E-state index in [9.17, 15) is 40.3 Å². The second kappa shape index (κ2) is 15.6. The van der Waals surface area contributed by atoms with Gasteiger partial charge in [0.1, 0.15) is 30.2 Å². The van der Waals surface area contributed by atoms with E-state index in [4.69, 9.17) is 10.3 Å². The molecular formula is C28H35N7O10S2. The Morgan fingerprint density at radius 3 is 2.00 bits per heavy atom. The van der Waals surface area contributed by atoms with Crippen molar-refractivity contribution in [3.63, 3.8) is 0 Å². The maximum absolute atomic E-state index is 13.3. The molecule has 3 amide bonds. The number of alkyl carbamates (subject to hydrolysis) is 1. The number of nitrogens with one attached hydrogen (secondary N) is 2. The first-order valence-corrected chi connectivity index (χ1v) is 17.8. The summed E-state index contributed by atoms with van der Waals surface area (Å²) < 4.78 is 71.4. The molecule has 254 valence electrons. The Balaban J connectivity index is 1.41. The summed E-state index contributed by atoms with van der Waals surface area (Å²) in [5.74, 6) is -5.07. The van der Waals surface area contributed by atoms with E-state index >= 15 is 0 Å². The van der Waals surface area contributed by atoms with Crippen LogP contribution >= 0.6 is 0 Å². The summed E-state index contributed by atoms with van der Waals surface area (Å²) >= 11 is 0. The Bertz CT molecular complexity index is 1700. The third kappa shape index (κ3) is 10.1. The van der Waals surface area contributed by atoms with Crippen LogP contribution in [0.4, 0.5) is 4.79 Å². The largest absolute Gasteiger partial charge is 0.449 e. The third-order valence-electron chi connectivity index (χ3n) is 7.80. The molecule has 1 saturated heterocycles. The van der Waals surface area contributed by atoms with Gasteiger partial charge in [-0.3, -0.25) is 23.6 Å². The summed E-state index contributed by atoms with van der Waals surface area (Å²) in [5.41, 5.74) is 12.1. The Morgan fingerprint density at radius 1 is 0.894 bits per heavy atom. The number of carbonyl (C=O) groups is 3. The molecule has 0 bridgehead atoms. The third-order valence-corrected chi connectivity index (χ3v) is 9.31. The van der Waals surface area contributed by atoms with E-state index in [2.05, 4.69) is 20.7 Å². The molecule has 2 atom stereocenters. The molecule has 2 aromatic rings. The molecule has 2 aliphatic rings. The highest BCUT2D eigenvalue weighted by atomic mass is 32.2. The number of amides is 3. The lowest BCUT2D eigenvalue weighted by Gasteiger charge is -2.36. The topological polar surface area (TPSA) is 248 Å². The van der Waals surface area contributed by atoms with E-state index in [0.717, 1.165) is 22.3 Å². The zero-order chi connectivity index (χ0) is 34.2. The van der Waals surface area contributed by atoms with E-state index in [-0.39, 0.29) is 25.6 Å². The molecule has 0 radical (unpaired) electrons. The van der Waals surface area contributed by atoms with Gasteiger partial charge in [0.25, 0.3) is 20.2 Å². The van der Waals surface area contributed by atoms with Gasteiger partial charge in [0.05, 0.1) is 0 Å². The van der Waals surface area contributed by atoms with Crippen molar-refractivity contribution in [3.05, 3.63) is 70.1 Å². The van der Waals surface area contributed by atoms with Crippen LogP contribution < -0.4 is 10.6 Å². The fourth-order valence-corrected chi connectivity index (χ4v) is 6.96. The quantitative estimate of drug-likeness (QED) is 0.0714. The molecule has 1 aliphatic carbocycles. The van der Waals surface area contributed by atoms with Crippen LogP contribution in [0.25, 0.3) is 21.6 Å². The number of ether oxygens (including phenoxy) is 1. The van der Waals surface area contributed by atoms with Gasteiger partial charge in [-0.2, -0.15) is 16.8 Å². The van der Waals surface area contributed by atoms with Crippen LogP contribution in [0.1, 0.15) is 23.5 Å². The standard InChI is InChI=1S/C28H35N7O10S2/c29-33-30-10-5-11-34-12-14-35(15-13-34)27(37)25(18-47(42,43)44)31-26(36)24(17-46(39,40)41)32-28(38)45-16-23-21-8-3-1-6-19(21)20-7-2-4-9-22(20)23/h1-4,6-9,23-25H,5,10-18H2,(H,31,36)(H,32,38)(H,39,40,41)(H,42,43,44). The van der Waals surface area contributed by atoms with Crippen molar-refractivity contribution in [2.45, 2.75) is 24.4 Å². The maximum Gasteiger partial charge on any atom is 0.407 e. The van der Waals surface area contributed by atoms with Gasteiger partial charge in [-0.25, -0.2) is 4.79 Å². The minimum Gasteiger partial charge on any atom is -0.449 e. The number of carbonyl (C=O) groups excluding carboxylic acids is 3. The molecule has 4 rings (SSSR count). The molecular weight excluding hydrogens is 658 g/mol. The molecule has 1 heterocycles. The van der Waals surface area contributed by atoms with Gasteiger partial charge in [-0.1, -0.05) is 53.6 Å². The second-order valence-corrected chi connectivity index (χ2v) is 14.1. The first-order valence-electron chi connectivity index (χ1n) is 14.6. The molecule has 0 saturated carbocycles. The molecule has 2 aromatic carbocycles. The first kappa shape index (κ1) is 35.6. The smallest absolute Gasteiger partial charge is 0.407 e. The number of hydrogen-bond donors (Lipinski definition) is 4. The second-order valence-electron chi connectivity index (χ2n) is 11.1. The van der Waals surface area contributed by atoms with E-state index in [0.29, 0.717) is 32.6 Å². The number of hydrogen-bond acceptors (Lipinski definition) is 10. The van der Waals surface area contributed by atoms with Crippen LogP contribution in [0.2, 0.25) is 0 Å². The number of azide groups is 1. The van der Waals surface area contributed by atoms with Gasteiger partial charge >= 0.3 is 6.09 Å². The van der Waals surface area contributed by atoms with Crippen molar-refractivity contribution in [1.82, 2.24) is 20.4 Å². The Labute approximate surface area is 271 Å². The van der Waals surface area contributed by atoms with E-state index < -0.39 is 61.7 Å². The highest BCUT2D eigenvalue weighted by molar-refractivity contribution is 7.86. The molecule has 19 heteroatoms. The molecule has 4 N–H and O–H groups in total. The molecule has 47 heavy (non-hydrogen) atoms. The van der Waals surface area contributed by atoms with Crippen LogP contribution in [0, 0.1) is 0 Å². The number of rotatable bonds is 14. The van der Waals surface area contributed by atoms with Gasteiger partial charge in [-0.15, -0.1) is 0 Å². The molecule has 0 spiro atoms. The summed E-state index contributed by atoms with van der Waals surface area (Å²) in [6.07, 6.45) is -0.615. The summed E-state index contributed by atoms with van der Waals surface area (Å²) in [7, 11) is -9.70. The number of nitrogens with zero attached hydrogens (tertiary/aromatic N) is 5. The van der Waals surface area contributed by atoms with Gasteiger partial charge in [-0.05, 0) is 40.8 Å². The van der Waals surface area contributed by atoms with Gasteiger partial charge < -0.3 is 20.3 Å². The van der Waals surface area contributed by atoms with E-state index in [1.807, 2.05) is 53.4 Å². The highest BCUT2D eigenvalue weighted by Crippen LogP contribution is 2.44. The molecule has 1 aliphatic heterocycles. The summed E-state index contributed by atoms with van der Waals surface area (Å²) in [5, 5.41) is 7.65. The van der Waals surface area contributed by atoms with Crippen LogP contribution in [-0.2, 0) is 34.6 Å². The lowest BCUT2D eigenvalue weighted by molar-refractivity contribution is -0.137. The zero-order valence-electron chi connectivity index (χ0n) is 25.1. The van der Waals surface area contributed by atoms with Crippen LogP contribution in [0.15, 0.2) is 53.6 Å². The number of piperazine rings is 1. The van der Waals surface area contributed by atoms with Crippen LogP contribution in [0.3, 0.4) is 0 Å². The molecule has 17 nitrogen and oxygen atoms in total. The molecule has 1 fully saturated rings. The lowest BCUT2D eigenvalue weighted by Crippen LogP contribution is -2.60. The van der Waals surface area contributed by atoms with E-state index in [1.165, 1.54) is 4.90 Å². The minimum absolute atomic E-state index is 0.143. The monoisotopic (exact) mass is 693 g/mol. The lowest BCUT2D eigenvalue weighted by atomic mass is 9.98. The minimum atomic E-state index is -4.88. The maximum atomic E-state index is 13.3.